The molecule has 160 valence electrons. The lowest BCUT2D eigenvalue weighted by Crippen LogP contribution is -2.52. The molecule has 4 saturated carbocycles. The van der Waals surface area contributed by atoms with Crippen molar-refractivity contribution in [1.82, 2.24) is 0 Å². The van der Waals surface area contributed by atoms with Crippen LogP contribution in [0.4, 0.5) is 0 Å². The molecule has 29 heavy (non-hydrogen) atoms. The number of carboxylic acid groups (broad SMARTS) is 2. The zero-order valence-electron chi connectivity index (χ0n) is 17.1. The molecule has 4 fully saturated rings. The molecule has 0 heterocycles. The summed E-state index contributed by atoms with van der Waals surface area (Å²) in [4.78, 5) is 37.7. The van der Waals surface area contributed by atoms with Crippen molar-refractivity contribution in [3.05, 3.63) is 12.2 Å². The highest BCUT2D eigenvalue weighted by Crippen LogP contribution is 2.78. The highest BCUT2D eigenvalue weighted by Gasteiger charge is 2.78. The quantitative estimate of drug-likeness (QED) is 0.396. The normalized spacial score (nSPS) is 48.1. The minimum atomic E-state index is -1.24. The highest BCUT2D eigenvalue weighted by atomic mass is 16.7. The molecule has 0 aliphatic heterocycles. The smallest absolute Gasteiger partial charge is 0.309 e. The summed E-state index contributed by atoms with van der Waals surface area (Å²) in [5.41, 5.74) is -2.68. The van der Waals surface area contributed by atoms with Gasteiger partial charge in [0, 0.05) is 18.4 Å². The molecule has 0 saturated heterocycles. The first-order valence-electron chi connectivity index (χ1n) is 10.4. The van der Waals surface area contributed by atoms with Crippen molar-refractivity contribution < 1.29 is 34.1 Å². The fourth-order valence-electron chi connectivity index (χ4n) is 8.00. The lowest BCUT2D eigenvalue weighted by molar-refractivity contribution is -0.167. The Morgan fingerprint density at radius 3 is 2.59 bits per heavy atom. The number of ether oxygens (including phenoxy) is 2. The molecule has 0 aromatic carbocycles. The van der Waals surface area contributed by atoms with E-state index in [4.69, 9.17) is 9.47 Å². The Morgan fingerprint density at radius 1 is 1.28 bits per heavy atom. The Labute approximate surface area is 170 Å². The highest BCUT2D eigenvalue weighted by molar-refractivity contribution is 5.82. The van der Waals surface area contributed by atoms with E-state index in [1.165, 1.54) is 0 Å². The van der Waals surface area contributed by atoms with Crippen molar-refractivity contribution in [3.8, 4) is 0 Å². The van der Waals surface area contributed by atoms with Crippen LogP contribution in [0.15, 0.2) is 12.2 Å². The first-order chi connectivity index (χ1) is 13.6. The van der Waals surface area contributed by atoms with Crippen molar-refractivity contribution in [1.29, 1.82) is 0 Å². The number of carboxylic acids is 2. The molecule has 0 radical (unpaired) electrons. The topological polar surface area (TPSA) is 110 Å². The molecule has 7 nitrogen and oxygen atoms in total. The molecule has 7 atom stereocenters. The predicted molar refractivity (Wildman–Crippen MR) is 102 cm³/mol. The molecule has 4 aliphatic carbocycles. The Kier molecular flexibility index (Phi) is 4.52. The number of methoxy groups -OCH3 is 1. The summed E-state index contributed by atoms with van der Waals surface area (Å²) < 4.78 is 11.2. The fourth-order valence-corrected chi connectivity index (χ4v) is 8.00. The van der Waals surface area contributed by atoms with E-state index >= 15 is 0 Å². The third-order valence-electron chi connectivity index (χ3n) is 8.93. The van der Waals surface area contributed by atoms with Gasteiger partial charge < -0.3 is 24.5 Å². The molecule has 2 N–H and O–H groups in total. The zero-order valence-corrected chi connectivity index (χ0v) is 17.1. The number of fused-ring (bicyclic) bond motifs is 3. The van der Waals surface area contributed by atoms with Crippen LogP contribution in [0.3, 0.4) is 0 Å². The monoisotopic (exact) mass is 406 g/mol. The predicted octanol–water partition coefficient (Wildman–Crippen LogP) is 2.88. The number of rotatable bonds is 6. The van der Waals surface area contributed by atoms with Gasteiger partial charge in [-0.15, -0.1) is 0 Å². The molecule has 2 bridgehead atoms. The van der Waals surface area contributed by atoms with Crippen LogP contribution in [-0.2, 0) is 23.9 Å². The summed E-state index contributed by atoms with van der Waals surface area (Å²) in [6.07, 6.45) is 4.68. The molecule has 4 aliphatic rings. The van der Waals surface area contributed by atoms with Gasteiger partial charge in [-0.3, -0.25) is 9.59 Å². The van der Waals surface area contributed by atoms with E-state index in [1.807, 2.05) is 0 Å². The maximum absolute atomic E-state index is 12.7. The second-order valence-electron chi connectivity index (χ2n) is 9.93. The zero-order chi connectivity index (χ0) is 21.2. The Hall–Kier alpha value is -1.73. The van der Waals surface area contributed by atoms with Crippen LogP contribution >= 0.6 is 0 Å². The van der Waals surface area contributed by atoms with Crippen molar-refractivity contribution in [3.63, 3.8) is 0 Å². The van der Waals surface area contributed by atoms with Gasteiger partial charge in [-0.2, -0.15) is 0 Å². The van der Waals surface area contributed by atoms with Gasteiger partial charge in [0.1, 0.15) is 13.1 Å². The molecule has 7 heteroatoms. The van der Waals surface area contributed by atoms with Crippen LogP contribution in [-0.4, -0.2) is 47.9 Å². The minimum Gasteiger partial charge on any atom is -0.481 e. The summed E-state index contributed by atoms with van der Waals surface area (Å²) in [6, 6.07) is 0. The Balaban J connectivity index is 1.90. The maximum Gasteiger partial charge on any atom is 0.309 e. The van der Waals surface area contributed by atoms with E-state index in [2.05, 4.69) is 6.58 Å². The standard InChI is InChI=1S/C22H30O7/c1-13-9-21-10-22(13,29-12-28-3)8-5-14(21)20(11-23)7-4-6-19(2,18(26)27)16(20)15(21)17(24)25/h11,14-16H,1,4-10,12H2,2-3H3,(H,24,25)(H,26,27)/t14-,15+,16+,19+,20+,21-,22-/m0/s1. The second-order valence-corrected chi connectivity index (χ2v) is 9.93. The van der Waals surface area contributed by atoms with Crippen molar-refractivity contribution in [2.75, 3.05) is 13.9 Å². The molecular weight excluding hydrogens is 376 g/mol. The molecule has 0 unspecified atom stereocenters. The van der Waals surface area contributed by atoms with Crippen LogP contribution in [0.25, 0.3) is 0 Å². The average Bonchev–Trinajstić information content (AvgIpc) is 3.05. The van der Waals surface area contributed by atoms with Crippen molar-refractivity contribution in [2.24, 2.45) is 34.0 Å². The van der Waals surface area contributed by atoms with Gasteiger partial charge >= 0.3 is 11.9 Å². The van der Waals surface area contributed by atoms with Gasteiger partial charge in [0.15, 0.2) is 0 Å². The summed E-state index contributed by atoms with van der Waals surface area (Å²) >= 11 is 0. The number of hydrogen-bond donors (Lipinski definition) is 2. The van der Waals surface area contributed by atoms with E-state index in [0.717, 1.165) is 11.9 Å². The number of carbonyl (C=O) groups excluding carboxylic acids is 1. The molecule has 0 aromatic rings. The molecular formula is C22H30O7. The van der Waals surface area contributed by atoms with Gasteiger partial charge in [0.25, 0.3) is 0 Å². The first-order valence-corrected chi connectivity index (χ1v) is 10.4. The van der Waals surface area contributed by atoms with Crippen molar-refractivity contribution >= 4 is 18.2 Å². The average molecular weight is 406 g/mol. The number of hydrogen-bond acceptors (Lipinski definition) is 5. The van der Waals surface area contributed by atoms with Crippen LogP contribution in [0.1, 0.15) is 51.9 Å². The van der Waals surface area contributed by atoms with Gasteiger partial charge in [-0.25, -0.2) is 0 Å². The molecule has 0 aromatic heterocycles. The largest absolute Gasteiger partial charge is 0.481 e. The van der Waals surface area contributed by atoms with Crippen LogP contribution < -0.4 is 0 Å². The van der Waals surface area contributed by atoms with Crippen LogP contribution in [0.5, 0.6) is 0 Å². The SMILES string of the molecule is C=C1C[C@]23C[C@@]1(OCOC)CC[C@H]2[C@]1(C=O)CCC[C@@](C)(C(=O)O)[C@H]1[C@@H]3C(=O)O. The first kappa shape index (κ1) is 20.5. The third-order valence-corrected chi connectivity index (χ3v) is 8.93. The third kappa shape index (κ3) is 2.34. The van der Waals surface area contributed by atoms with E-state index in [1.54, 1.807) is 14.0 Å². The number of carbonyl (C=O) groups is 3. The Bertz CT molecular complexity index is 777. The van der Waals surface area contributed by atoms with Gasteiger partial charge in [-0.05, 0) is 62.4 Å². The van der Waals surface area contributed by atoms with Crippen LogP contribution in [0.2, 0.25) is 0 Å². The Morgan fingerprint density at radius 2 is 2.00 bits per heavy atom. The van der Waals surface area contributed by atoms with Gasteiger partial charge in [0.2, 0.25) is 0 Å². The van der Waals surface area contributed by atoms with Crippen molar-refractivity contribution in [2.45, 2.75) is 57.5 Å². The van der Waals surface area contributed by atoms with Gasteiger partial charge in [0.05, 0.1) is 16.9 Å². The van der Waals surface area contributed by atoms with E-state index in [9.17, 15) is 24.6 Å². The maximum atomic E-state index is 12.7. The lowest BCUT2D eigenvalue weighted by atomic mass is 9.53. The molecule has 1 spiro atoms. The number of aldehydes is 1. The lowest BCUT2D eigenvalue weighted by Gasteiger charge is -2.49. The summed E-state index contributed by atoms with van der Waals surface area (Å²) in [5.74, 6) is -3.82. The second kappa shape index (κ2) is 6.38. The van der Waals surface area contributed by atoms with E-state index < -0.39 is 45.6 Å². The summed E-state index contributed by atoms with van der Waals surface area (Å²) in [7, 11) is 1.54. The van der Waals surface area contributed by atoms with Gasteiger partial charge in [-0.1, -0.05) is 13.0 Å². The summed E-state index contributed by atoms with van der Waals surface area (Å²) in [5, 5.41) is 20.5. The van der Waals surface area contributed by atoms with E-state index in [0.29, 0.717) is 44.9 Å². The molecule has 4 rings (SSSR count). The summed E-state index contributed by atoms with van der Waals surface area (Å²) in [6.45, 7) is 5.96. The van der Waals surface area contributed by atoms with Crippen LogP contribution in [0, 0.1) is 34.0 Å². The molecule has 0 amide bonds. The number of aliphatic carboxylic acids is 2. The fraction of sp³-hybridized carbons (Fsp3) is 0.773. The van der Waals surface area contributed by atoms with E-state index in [-0.39, 0.29) is 12.7 Å². The minimum absolute atomic E-state index is 0.0899.